The lowest BCUT2D eigenvalue weighted by Gasteiger charge is -2.57. The number of alkyl halides is 2. The van der Waals surface area contributed by atoms with E-state index in [1.165, 1.54) is 38.5 Å². The van der Waals surface area contributed by atoms with Crippen LogP contribution in [0.1, 0.15) is 78.1 Å². The van der Waals surface area contributed by atoms with E-state index in [0.717, 1.165) is 25.7 Å². The quantitative estimate of drug-likeness (QED) is 0.264. The standard InChI is InChI=1S/C16H28Cl4Si/c1-13(17)15(9-5-3-6-10-15)21(19,20)16(14(2)18)11-7-4-8-12-16/h13-14H,3-12H2,1-2H3. The fraction of sp³-hybridized carbons (Fsp3) is 1.00. The zero-order chi connectivity index (χ0) is 15.7. The lowest BCUT2D eigenvalue weighted by atomic mass is 9.84. The van der Waals surface area contributed by atoms with E-state index in [4.69, 9.17) is 45.4 Å². The fourth-order valence-electron chi connectivity index (χ4n) is 4.78. The Hall–Kier alpha value is 1.38. The molecule has 0 bridgehead atoms. The maximum atomic E-state index is 7.33. The molecule has 0 amide bonds. The lowest BCUT2D eigenvalue weighted by Crippen LogP contribution is -2.56. The fourth-order valence-corrected chi connectivity index (χ4v) is 15.1. The Bertz CT molecular complexity index is 310. The van der Waals surface area contributed by atoms with Gasteiger partial charge in [-0.05, 0) is 39.5 Å². The minimum atomic E-state index is -2.65. The highest BCUT2D eigenvalue weighted by Crippen LogP contribution is 2.70. The molecule has 2 unspecified atom stereocenters. The summed E-state index contributed by atoms with van der Waals surface area (Å²) < 4.78 is 0. The van der Waals surface area contributed by atoms with E-state index in [1.807, 2.05) is 0 Å². The average molecular weight is 390 g/mol. The molecule has 0 heterocycles. The van der Waals surface area contributed by atoms with Gasteiger partial charge in [0, 0.05) is 20.8 Å². The van der Waals surface area contributed by atoms with Gasteiger partial charge in [-0.3, -0.25) is 0 Å². The highest BCUT2D eigenvalue weighted by Gasteiger charge is 2.66. The maximum absolute atomic E-state index is 7.33. The second-order valence-corrected chi connectivity index (χ2v) is 15.7. The molecule has 0 nitrogen and oxygen atoms in total. The Labute approximate surface area is 150 Å². The van der Waals surface area contributed by atoms with Crippen LogP contribution in [0.5, 0.6) is 0 Å². The van der Waals surface area contributed by atoms with Crippen molar-refractivity contribution in [2.75, 3.05) is 0 Å². The van der Waals surface area contributed by atoms with E-state index in [9.17, 15) is 0 Å². The van der Waals surface area contributed by atoms with Crippen LogP contribution in [-0.2, 0) is 0 Å². The predicted octanol–water partition coefficient (Wildman–Crippen LogP) is 7.57. The molecule has 2 atom stereocenters. The van der Waals surface area contributed by atoms with Crippen LogP contribution in [0.3, 0.4) is 0 Å². The molecule has 5 heteroatoms. The molecule has 2 rings (SSSR count). The summed E-state index contributed by atoms with van der Waals surface area (Å²) in [7, 11) is 0. The molecule has 21 heavy (non-hydrogen) atoms. The maximum Gasteiger partial charge on any atom is 0.266 e. The van der Waals surface area contributed by atoms with Crippen molar-refractivity contribution < 1.29 is 0 Å². The van der Waals surface area contributed by atoms with Gasteiger partial charge < -0.3 is 0 Å². The Morgan fingerprint density at radius 3 is 1.19 bits per heavy atom. The van der Waals surface area contributed by atoms with Crippen LogP contribution < -0.4 is 0 Å². The summed E-state index contributed by atoms with van der Waals surface area (Å²) in [6.45, 7) is 1.56. The minimum Gasteiger partial charge on any atom is -0.145 e. The molecule has 2 fully saturated rings. The van der Waals surface area contributed by atoms with Gasteiger partial charge >= 0.3 is 0 Å². The summed E-state index contributed by atoms with van der Waals surface area (Å²) in [5.74, 6) is 0. The second-order valence-electron chi connectivity index (χ2n) is 7.24. The number of hydrogen-bond acceptors (Lipinski definition) is 0. The first-order chi connectivity index (χ1) is 9.80. The average Bonchev–Trinajstić information content (AvgIpc) is 2.48. The van der Waals surface area contributed by atoms with Gasteiger partial charge in [-0.15, -0.1) is 45.4 Å². The van der Waals surface area contributed by atoms with Gasteiger partial charge in [-0.1, -0.05) is 38.5 Å². The van der Waals surface area contributed by atoms with Crippen LogP contribution in [0.2, 0.25) is 10.1 Å². The molecule has 0 N–H and O–H groups in total. The predicted molar refractivity (Wildman–Crippen MR) is 99.6 cm³/mol. The van der Waals surface area contributed by atoms with E-state index < -0.39 is 6.69 Å². The van der Waals surface area contributed by atoms with E-state index in [1.54, 1.807) is 0 Å². The van der Waals surface area contributed by atoms with Gasteiger partial charge in [-0.2, -0.15) is 0 Å². The van der Waals surface area contributed by atoms with Crippen molar-refractivity contribution in [2.24, 2.45) is 0 Å². The molecular formula is C16H28Cl4Si. The molecular weight excluding hydrogens is 362 g/mol. The molecule has 2 aliphatic carbocycles. The van der Waals surface area contributed by atoms with Crippen LogP contribution in [0.25, 0.3) is 0 Å². The highest BCUT2D eigenvalue weighted by molar-refractivity contribution is 7.48. The van der Waals surface area contributed by atoms with Crippen LogP contribution in [0, 0.1) is 0 Å². The Balaban J connectivity index is 2.44. The van der Waals surface area contributed by atoms with Crippen molar-refractivity contribution in [3.05, 3.63) is 0 Å². The third kappa shape index (κ3) is 3.04. The lowest BCUT2D eigenvalue weighted by molar-refractivity contribution is 0.315. The first-order valence-corrected chi connectivity index (χ1v) is 13.4. The summed E-state index contributed by atoms with van der Waals surface area (Å²) in [4.78, 5) is 0. The van der Waals surface area contributed by atoms with Gasteiger partial charge in [-0.25, -0.2) is 0 Å². The van der Waals surface area contributed by atoms with Crippen molar-refractivity contribution in [2.45, 2.75) is 98.9 Å². The number of rotatable bonds is 4. The summed E-state index contributed by atoms with van der Waals surface area (Å²) in [5, 5.41) is -0.0744. The molecule has 0 saturated heterocycles. The zero-order valence-electron chi connectivity index (χ0n) is 13.2. The van der Waals surface area contributed by atoms with E-state index in [2.05, 4.69) is 13.8 Å². The van der Waals surface area contributed by atoms with Crippen molar-refractivity contribution >= 4 is 52.1 Å². The number of halogens is 4. The third-order valence-corrected chi connectivity index (χ3v) is 16.4. The van der Waals surface area contributed by atoms with Gasteiger partial charge in [0.25, 0.3) is 6.69 Å². The SMILES string of the molecule is CC(Cl)C1([Si](Cl)(Cl)C2(C(C)Cl)CCCCC2)CCCCC1. The smallest absolute Gasteiger partial charge is 0.145 e. The summed E-state index contributed by atoms with van der Waals surface area (Å²) in [6, 6.07) is 0. The largest absolute Gasteiger partial charge is 0.266 e. The molecule has 0 spiro atoms. The first-order valence-electron chi connectivity index (χ1n) is 8.46. The van der Waals surface area contributed by atoms with Crippen molar-refractivity contribution in [1.82, 2.24) is 0 Å². The monoisotopic (exact) mass is 388 g/mol. The molecule has 2 saturated carbocycles. The van der Waals surface area contributed by atoms with Crippen LogP contribution in [0.15, 0.2) is 0 Å². The van der Waals surface area contributed by atoms with Crippen LogP contribution in [0.4, 0.5) is 0 Å². The highest BCUT2D eigenvalue weighted by atomic mass is 35.7. The second kappa shape index (κ2) is 7.09. The van der Waals surface area contributed by atoms with E-state index >= 15 is 0 Å². The van der Waals surface area contributed by atoms with Gasteiger partial charge in [0.1, 0.15) is 0 Å². The molecule has 2 aliphatic rings. The Morgan fingerprint density at radius 1 is 0.667 bits per heavy atom. The summed E-state index contributed by atoms with van der Waals surface area (Å²) >= 11 is 28.1. The van der Waals surface area contributed by atoms with Crippen LogP contribution >= 0.6 is 45.4 Å². The topological polar surface area (TPSA) is 0 Å². The molecule has 124 valence electrons. The normalized spacial score (nSPS) is 28.9. The Morgan fingerprint density at radius 2 is 0.952 bits per heavy atom. The van der Waals surface area contributed by atoms with Gasteiger partial charge in [0.15, 0.2) is 0 Å². The minimum absolute atomic E-state index is 0.0358. The van der Waals surface area contributed by atoms with Gasteiger partial charge in [0.05, 0.1) is 0 Å². The summed E-state index contributed by atoms with van der Waals surface area (Å²) in [6.07, 6.45) is 11.7. The summed E-state index contributed by atoms with van der Waals surface area (Å²) in [5.41, 5.74) is 0. The van der Waals surface area contributed by atoms with Crippen LogP contribution in [-0.4, -0.2) is 17.4 Å². The molecule has 0 radical (unpaired) electrons. The van der Waals surface area contributed by atoms with Gasteiger partial charge in [0.2, 0.25) is 0 Å². The zero-order valence-corrected chi connectivity index (χ0v) is 17.3. The molecule has 0 aromatic rings. The number of hydrogen-bond donors (Lipinski definition) is 0. The van der Waals surface area contributed by atoms with E-state index in [-0.39, 0.29) is 20.8 Å². The van der Waals surface area contributed by atoms with Crippen molar-refractivity contribution in [3.63, 3.8) is 0 Å². The molecule has 0 aromatic carbocycles. The Kier molecular flexibility index (Phi) is 6.32. The van der Waals surface area contributed by atoms with Crippen molar-refractivity contribution in [3.8, 4) is 0 Å². The molecule has 0 aromatic heterocycles. The first kappa shape index (κ1) is 18.7. The third-order valence-electron chi connectivity index (χ3n) is 6.27. The van der Waals surface area contributed by atoms with Crippen molar-refractivity contribution in [1.29, 1.82) is 0 Å². The van der Waals surface area contributed by atoms with E-state index in [0.29, 0.717) is 0 Å². The molecule has 0 aliphatic heterocycles.